The summed E-state index contributed by atoms with van der Waals surface area (Å²) in [5.41, 5.74) is -0.183. The quantitative estimate of drug-likeness (QED) is 0.673. The molecule has 4 rings (SSSR count). The minimum absolute atomic E-state index is 0.108. The highest BCUT2D eigenvalue weighted by atomic mass is 16.6. The number of amides is 1. The Kier molecular flexibility index (Phi) is 2.18. The summed E-state index contributed by atoms with van der Waals surface area (Å²) in [6.45, 7) is 8.23. The average Bonchev–Trinajstić information content (AvgIpc) is 2.57. The molecule has 0 unspecified atom stereocenters. The Balaban J connectivity index is 1.83. The summed E-state index contributed by atoms with van der Waals surface area (Å²) in [6.07, 6.45) is 2.28. The van der Waals surface area contributed by atoms with Gasteiger partial charge in [0.1, 0.15) is 5.60 Å². The second-order valence-corrected chi connectivity index (χ2v) is 5.70. The van der Waals surface area contributed by atoms with E-state index in [-0.39, 0.29) is 17.7 Å². The van der Waals surface area contributed by atoms with E-state index < -0.39 is 0 Å². The lowest BCUT2D eigenvalue weighted by atomic mass is 9.75. The van der Waals surface area contributed by atoms with Crippen molar-refractivity contribution in [2.75, 3.05) is 26.2 Å². The topological polar surface area (TPSA) is 32.8 Å². The Labute approximate surface area is 96.5 Å². The van der Waals surface area contributed by atoms with Crippen molar-refractivity contribution < 1.29 is 9.53 Å². The number of hydrogen-bond donors (Lipinski definition) is 0. The van der Waals surface area contributed by atoms with Gasteiger partial charge in [-0.25, -0.2) is 4.79 Å². The molecule has 16 heavy (non-hydrogen) atoms. The van der Waals surface area contributed by atoms with Crippen molar-refractivity contribution in [2.24, 2.45) is 5.92 Å². The van der Waals surface area contributed by atoms with Crippen molar-refractivity contribution in [1.82, 2.24) is 9.80 Å². The van der Waals surface area contributed by atoms with Crippen LogP contribution in [-0.2, 0) is 4.74 Å². The summed E-state index contributed by atoms with van der Waals surface area (Å²) in [5.74, 6) is 0.588. The van der Waals surface area contributed by atoms with Gasteiger partial charge in [-0.1, -0.05) is 0 Å². The lowest BCUT2D eigenvalue weighted by Gasteiger charge is -2.49. The first-order valence-corrected chi connectivity index (χ1v) is 6.33. The van der Waals surface area contributed by atoms with Crippen LogP contribution in [0.4, 0.5) is 4.79 Å². The van der Waals surface area contributed by atoms with Crippen LogP contribution in [-0.4, -0.2) is 53.7 Å². The zero-order chi connectivity index (χ0) is 11.3. The van der Waals surface area contributed by atoms with Crippen LogP contribution < -0.4 is 0 Å². The molecule has 4 heteroatoms. The van der Waals surface area contributed by atoms with E-state index in [0.717, 1.165) is 13.1 Å². The Bertz CT molecular complexity index is 310. The van der Waals surface area contributed by atoms with Crippen molar-refractivity contribution in [1.29, 1.82) is 0 Å². The zero-order valence-corrected chi connectivity index (χ0v) is 10.1. The smallest absolute Gasteiger partial charge is 0.410 e. The van der Waals surface area contributed by atoms with Gasteiger partial charge in [-0.05, 0) is 39.8 Å². The van der Waals surface area contributed by atoms with Gasteiger partial charge in [-0.3, -0.25) is 4.90 Å². The highest BCUT2D eigenvalue weighted by molar-refractivity contribution is 5.71. The Morgan fingerprint density at radius 3 is 2.44 bits per heavy atom. The molecule has 0 saturated carbocycles. The lowest BCUT2D eigenvalue weighted by Crippen LogP contribution is -2.61. The van der Waals surface area contributed by atoms with Crippen molar-refractivity contribution in [3.8, 4) is 0 Å². The first kappa shape index (κ1) is 10.4. The largest absolute Gasteiger partial charge is 0.439 e. The van der Waals surface area contributed by atoms with Crippen LogP contribution >= 0.6 is 0 Å². The van der Waals surface area contributed by atoms with Gasteiger partial charge in [-0.15, -0.1) is 0 Å². The van der Waals surface area contributed by atoms with Crippen LogP contribution in [0.1, 0.15) is 26.7 Å². The average molecular weight is 224 g/mol. The van der Waals surface area contributed by atoms with Crippen LogP contribution in [0.25, 0.3) is 0 Å². The number of nitrogens with zero attached hydrogens (tertiary/aromatic N) is 2. The van der Waals surface area contributed by atoms with Crippen LogP contribution in [0.5, 0.6) is 0 Å². The van der Waals surface area contributed by atoms with Gasteiger partial charge in [-0.2, -0.15) is 0 Å². The van der Waals surface area contributed by atoms with E-state index in [9.17, 15) is 4.79 Å². The molecular formula is C12H20N2O2. The summed E-state index contributed by atoms with van der Waals surface area (Å²) in [6, 6.07) is 0.252. The van der Waals surface area contributed by atoms with Crippen LogP contribution in [0.15, 0.2) is 0 Å². The van der Waals surface area contributed by atoms with Gasteiger partial charge < -0.3 is 9.64 Å². The Morgan fingerprint density at radius 1 is 1.31 bits per heavy atom. The van der Waals surface area contributed by atoms with Gasteiger partial charge in [0, 0.05) is 18.5 Å². The van der Waals surface area contributed by atoms with Crippen molar-refractivity contribution in [3.63, 3.8) is 0 Å². The molecule has 4 nitrogen and oxygen atoms in total. The lowest BCUT2D eigenvalue weighted by molar-refractivity contribution is -0.0893. The number of ether oxygens (including phenoxy) is 1. The van der Waals surface area contributed by atoms with E-state index in [0.29, 0.717) is 5.92 Å². The molecular weight excluding hydrogens is 204 g/mol. The third-order valence-corrected chi connectivity index (χ3v) is 4.41. The van der Waals surface area contributed by atoms with Gasteiger partial charge in [0.2, 0.25) is 0 Å². The maximum Gasteiger partial charge on any atom is 0.410 e. The van der Waals surface area contributed by atoms with E-state index in [1.165, 1.54) is 25.9 Å². The van der Waals surface area contributed by atoms with Crippen LogP contribution in [0.3, 0.4) is 0 Å². The van der Waals surface area contributed by atoms with Gasteiger partial charge in [0.25, 0.3) is 0 Å². The molecule has 1 spiro atoms. The monoisotopic (exact) mass is 224 g/mol. The molecule has 0 aromatic rings. The molecule has 1 amide bonds. The maximum atomic E-state index is 11.9. The molecule has 1 atom stereocenters. The van der Waals surface area contributed by atoms with Crippen LogP contribution in [0, 0.1) is 5.92 Å². The third-order valence-electron chi connectivity index (χ3n) is 4.41. The first-order valence-electron chi connectivity index (χ1n) is 6.33. The first-order chi connectivity index (χ1) is 7.61. The molecule has 0 aliphatic carbocycles. The fourth-order valence-corrected chi connectivity index (χ4v) is 3.43. The molecule has 4 fully saturated rings. The summed E-state index contributed by atoms with van der Waals surface area (Å²) in [5, 5.41) is 0. The summed E-state index contributed by atoms with van der Waals surface area (Å²) in [4.78, 5) is 16.2. The van der Waals surface area contributed by atoms with Gasteiger partial charge in [0.15, 0.2) is 0 Å². The molecule has 4 aliphatic rings. The predicted molar refractivity (Wildman–Crippen MR) is 60.2 cm³/mol. The minimum Gasteiger partial charge on any atom is -0.439 e. The molecule has 90 valence electrons. The van der Waals surface area contributed by atoms with E-state index >= 15 is 0 Å². The standard InChI is InChI=1S/C12H20N2O2/c1-9(2)14-8-12(16-11(14)15)7-13-5-3-10(12)4-6-13/h9-10H,3-8H2,1-2H3/t12-/m1/s1. The number of carbonyl (C=O) groups is 1. The highest BCUT2D eigenvalue weighted by Crippen LogP contribution is 2.42. The van der Waals surface area contributed by atoms with Gasteiger partial charge >= 0.3 is 6.09 Å². The maximum absolute atomic E-state index is 11.9. The van der Waals surface area contributed by atoms with E-state index in [1.807, 2.05) is 4.90 Å². The third kappa shape index (κ3) is 1.35. The zero-order valence-electron chi connectivity index (χ0n) is 10.1. The van der Waals surface area contributed by atoms with Gasteiger partial charge in [0.05, 0.1) is 6.54 Å². The molecule has 4 aliphatic heterocycles. The fourth-order valence-electron chi connectivity index (χ4n) is 3.43. The molecule has 0 aromatic heterocycles. The normalized spacial score (nSPS) is 42.2. The summed E-state index contributed by atoms with van der Waals surface area (Å²) >= 11 is 0. The van der Waals surface area contributed by atoms with Crippen molar-refractivity contribution in [3.05, 3.63) is 0 Å². The number of carbonyl (C=O) groups excluding carboxylic acids is 1. The summed E-state index contributed by atoms with van der Waals surface area (Å²) < 4.78 is 5.74. The molecule has 0 aromatic carbocycles. The van der Waals surface area contributed by atoms with Crippen molar-refractivity contribution in [2.45, 2.75) is 38.3 Å². The molecule has 0 radical (unpaired) electrons. The van der Waals surface area contributed by atoms with Crippen molar-refractivity contribution >= 4 is 6.09 Å². The second-order valence-electron chi connectivity index (χ2n) is 5.70. The second kappa shape index (κ2) is 3.36. The van der Waals surface area contributed by atoms with E-state index in [1.54, 1.807) is 0 Å². The molecule has 0 N–H and O–H groups in total. The SMILES string of the molecule is CC(C)N1C[C@@]2(CN3CCC2CC3)OC1=O. The number of fused-ring (bicyclic) bond motifs is 2. The number of rotatable bonds is 1. The molecule has 4 heterocycles. The highest BCUT2D eigenvalue weighted by Gasteiger charge is 2.55. The Hall–Kier alpha value is -0.770. The van der Waals surface area contributed by atoms with E-state index in [2.05, 4.69) is 18.7 Å². The molecule has 4 saturated heterocycles. The number of hydrogen-bond acceptors (Lipinski definition) is 3. The number of piperidine rings is 3. The predicted octanol–water partition coefficient (Wildman–Crippen LogP) is 1.31. The Morgan fingerprint density at radius 2 is 2.00 bits per heavy atom. The fraction of sp³-hybridized carbons (Fsp3) is 0.917. The van der Waals surface area contributed by atoms with E-state index in [4.69, 9.17) is 4.74 Å². The summed E-state index contributed by atoms with van der Waals surface area (Å²) in [7, 11) is 0. The van der Waals surface area contributed by atoms with Crippen LogP contribution in [0.2, 0.25) is 0 Å². The molecule has 2 bridgehead atoms. The minimum atomic E-state index is -0.183.